The molecule has 1 amide bonds. The van der Waals surface area contributed by atoms with E-state index in [1.807, 2.05) is 19.9 Å². The molecule has 0 heterocycles. The summed E-state index contributed by atoms with van der Waals surface area (Å²) < 4.78 is 0. The maximum absolute atomic E-state index is 11.7. The van der Waals surface area contributed by atoms with Crippen molar-refractivity contribution < 1.29 is 4.79 Å². The van der Waals surface area contributed by atoms with Crippen molar-refractivity contribution in [1.82, 2.24) is 10.6 Å². The zero-order valence-corrected chi connectivity index (χ0v) is 12.8. The van der Waals surface area contributed by atoms with Crippen LogP contribution < -0.4 is 10.6 Å². The average Bonchev–Trinajstić information content (AvgIpc) is 2.35. The van der Waals surface area contributed by atoms with Gasteiger partial charge in [-0.2, -0.15) is 0 Å². The third-order valence-corrected chi connectivity index (χ3v) is 3.38. The Morgan fingerprint density at radius 3 is 2.74 bits per heavy atom. The largest absolute Gasteiger partial charge is 0.355 e. The third-order valence-electron chi connectivity index (χ3n) is 2.79. The van der Waals surface area contributed by atoms with Gasteiger partial charge in [0.2, 0.25) is 5.91 Å². The van der Waals surface area contributed by atoms with E-state index in [0.717, 1.165) is 12.1 Å². The molecule has 0 aromatic heterocycles. The van der Waals surface area contributed by atoms with E-state index in [2.05, 4.69) is 10.6 Å². The van der Waals surface area contributed by atoms with Gasteiger partial charge in [-0.1, -0.05) is 36.2 Å². The van der Waals surface area contributed by atoms with E-state index in [1.54, 1.807) is 12.1 Å². The van der Waals surface area contributed by atoms with E-state index in [1.165, 1.54) is 0 Å². The number of aryl methyl sites for hydroxylation is 1. The molecular weight excluding hydrogens is 283 g/mol. The molecule has 0 saturated heterocycles. The van der Waals surface area contributed by atoms with Gasteiger partial charge in [-0.25, -0.2) is 0 Å². The Bertz CT molecular complexity index is 424. The van der Waals surface area contributed by atoms with Crippen LogP contribution in [0.5, 0.6) is 0 Å². The summed E-state index contributed by atoms with van der Waals surface area (Å²) in [6.45, 7) is 5.62. The Balaban J connectivity index is 2.33. The van der Waals surface area contributed by atoms with Crippen LogP contribution in [-0.2, 0) is 11.2 Å². The molecule has 1 rings (SSSR count). The molecule has 0 spiro atoms. The molecule has 0 bridgehead atoms. The van der Waals surface area contributed by atoms with Gasteiger partial charge >= 0.3 is 0 Å². The molecule has 0 saturated carbocycles. The molecule has 1 aromatic rings. The highest BCUT2D eigenvalue weighted by Crippen LogP contribution is 2.21. The Morgan fingerprint density at radius 2 is 2.11 bits per heavy atom. The quantitative estimate of drug-likeness (QED) is 0.813. The molecular formula is C14H20Cl2N2O. The van der Waals surface area contributed by atoms with E-state index < -0.39 is 0 Å². The number of benzene rings is 1. The number of likely N-dealkylation sites (N-methyl/N-ethyl adjacent to an activating group) is 1. The van der Waals surface area contributed by atoms with E-state index >= 15 is 0 Å². The lowest BCUT2D eigenvalue weighted by molar-refractivity contribution is -0.121. The second-order valence-corrected chi connectivity index (χ2v) is 5.34. The second-order valence-electron chi connectivity index (χ2n) is 4.50. The van der Waals surface area contributed by atoms with E-state index in [-0.39, 0.29) is 11.9 Å². The summed E-state index contributed by atoms with van der Waals surface area (Å²) >= 11 is 11.9. The summed E-state index contributed by atoms with van der Waals surface area (Å²) in [5.41, 5.74) is 0.945. The zero-order chi connectivity index (χ0) is 14.3. The SMILES string of the molecule is CCN[C@H](C)CNC(=O)CCc1ccc(Cl)cc1Cl. The zero-order valence-electron chi connectivity index (χ0n) is 11.3. The highest BCUT2D eigenvalue weighted by molar-refractivity contribution is 6.35. The standard InChI is InChI=1S/C14H20Cl2N2O/c1-3-17-10(2)9-18-14(19)7-5-11-4-6-12(15)8-13(11)16/h4,6,8,10,17H,3,5,7,9H2,1-2H3,(H,18,19)/t10-/m1/s1. The van der Waals surface area contributed by atoms with Crippen LogP contribution in [-0.4, -0.2) is 25.0 Å². The van der Waals surface area contributed by atoms with Crippen LogP contribution in [0.15, 0.2) is 18.2 Å². The average molecular weight is 303 g/mol. The van der Waals surface area contributed by atoms with Gasteiger partial charge < -0.3 is 10.6 Å². The fraction of sp³-hybridized carbons (Fsp3) is 0.500. The fourth-order valence-electron chi connectivity index (χ4n) is 1.75. The van der Waals surface area contributed by atoms with Crippen molar-refractivity contribution in [3.63, 3.8) is 0 Å². The van der Waals surface area contributed by atoms with Gasteiger partial charge in [0.25, 0.3) is 0 Å². The van der Waals surface area contributed by atoms with Crippen molar-refractivity contribution in [3.8, 4) is 0 Å². The minimum atomic E-state index is 0.0377. The monoisotopic (exact) mass is 302 g/mol. The molecule has 0 aliphatic heterocycles. The molecule has 3 nitrogen and oxygen atoms in total. The molecule has 1 aromatic carbocycles. The van der Waals surface area contributed by atoms with Crippen LogP contribution >= 0.6 is 23.2 Å². The van der Waals surface area contributed by atoms with Crippen molar-refractivity contribution in [2.75, 3.05) is 13.1 Å². The summed E-state index contributed by atoms with van der Waals surface area (Å²) in [6, 6.07) is 5.63. The molecule has 106 valence electrons. The first-order valence-corrected chi connectivity index (χ1v) is 7.22. The highest BCUT2D eigenvalue weighted by Gasteiger charge is 2.07. The first-order chi connectivity index (χ1) is 9.02. The van der Waals surface area contributed by atoms with Gasteiger partial charge in [0.05, 0.1) is 0 Å². The summed E-state index contributed by atoms with van der Waals surface area (Å²) in [6.07, 6.45) is 1.05. The summed E-state index contributed by atoms with van der Waals surface area (Å²) in [5, 5.41) is 7.36. The molecule has 0 aliphatic rings. The summed E-state index contributed by atoms with van der Waals surface area (Å²) in [7, 11) is 0. The number of carbonyl (C=O) groups is 1. The normalized spacial score (nSPS) is 12.2. The Morgan fingerprint density at radius 1 is 1.37 bits per heavy atom. The minimum Gasteiger partial charge on any atom is -0.355 e. The number of carbonyl (C=O) groups excluding carboxylic acids is 1. The molecule has 1 atom stereocenters. The summed E-state index contributed by atoms with van der Waals surface area (Å²) in [5.74, 6) is 0.0377. The first-order valence-electron chi connectivity index (χ1n) is 6.47. The lowest BCUT2D eigenvalue weighted by atomic mass is 10.1. The van der Waals surface area contributed by atoms with Gasteiger partial charge in [0.1, 0.15) is 0 Å². The number of hydrogen-bond acceptors (Lipinski definition) is 2. The number of nitrogens with one attached hydrogen (secondary N) is 2. The van der Waals surface area contributed by atoms with E-state index in [9.17, 15) is 4.79 Å². The number of amides is 1. The predicted octanol–water partition coefficient (Wildman–Crippen LogP) is 3.04. The number of hydrogen-bond donors (Lipinski definition) is 2. The minimum absolute atomic E-state index is 0.0377. The number of rotatable bonds is 7. The van der Waals surface area contributed by atoms with Gasteiger partial charge in [0.15, 0.2) is 0 Å². The lowest BCUT2D eigenvalue weighted by Gasteiger charge is -2.13. The van der Waals surface area contributed by atoms with Gasteiger partial charge in [-0.15, -0.1) is 0 Å². The van der Waals surface area contributed by atoms with Crippen molar-refractivity contribution in [2.45, 2.75) is 32.7 Å². The topological polar surface area (TPSA) is 41.1 Å². The van der Waals surface area contributed by atoms with Crippen LogP contribution in [0.25, 0.3) is 0 Å². The van der Waals surface area contributed by atoms with Gasteiger partial charge in [0, 0.05) is 29.1 Å². The maximum atomic E-state index is 11.7. The van der Waals surface area contributed by atoms with Gasteiger partial charge in [-0.3, -0.25) is 4.79 Å². The van der Waals surface area contributed by atoms with Crippen molar-refractivity contribution in [2.24, 2.45) is 0 Å². The maximum Gasteiger partial charge on any atom is 0.220 e. The van der Waals surface area contributed by atoms with Crippen molar-refractivity contribution >= 4 is 29.1 Å². The Hall–Kier alpha value is -0.770. The van der Waals surface area contributed by atoms with E-state index in [0.29, 0.717) is 29.4 Å². The van der Waals surface area contributed by atoms with E-state index in [4.69, 9.17) is 23.2 Å². The third kappa shape index (κ3) is 6.28. The van der Waals surface area contributed by atoms with Crippen molar-refractivity contribution in [1.29, 1.82) is 0 Å². The Kier molecular flexibility index (Phi) is 7.21. The number of halogens is 2. The molecule has 5 heteroatoms. The van der Waals surface area contributed by atoms with Crippen molar-refractivity contribution in [3.05, 3.63) is 33.8 Å². The van der Waals surface area contributed by atoms with Gasteiger partial charge in [-0.05, 0) is 37.6 Å². The van der Waals surface area contributed by atoms with Crippen LogP contribution in [0.2, 0.25) is 10.0 Å². The van der Waals surface area contributed by atoms with Crippen LogP contribution in [0, 0.1) is 0 Å². The lowest BCUT2D eigenvalue weighted by Crippen LogP contribution is -2.38. The fourth-order valence-corrected chi connectivity index (χ4v) is 2.25. The first kappa shape index (κ1) is 16.3. The predicted molar refractivity (Wildman–Crippen MR) is 80.9 cm³/mol. The summed E-state index contributed by atoms with van der Waals surface area (Å²) in [4.78, 5) is 11.7. The Labute approximate surface area is 124 Å². The molecule has 0 radical (unpaired) electrons. The molecule has 0 fully saturated rings. The smallest absolute Gasteiger partial charge is 0.220 e. The van der Waals surface area contributed by atoms with Crippen LogP contribution in [0.3, 0.4) is 0 Å². The molecule has 19 heavy (non-hydrogen) atoms. The molecule has 0 aliphatic carbocycles. The second kappa shape index (κ2) is 8.41. The van der Waals surface area contributed by atoms with Crippen LogP contribution in [0.4, 0.5) is 0 Å². The highest BCUT2D eigenvalue weighted by atomic mass is 35.5. The molecule has 0 unspecified atom stereocenters. The van der Waals surface area contributed by atoms with Crippen LogP contribution in [0.1, 0.15) is 25.8 Å². The molecule has 2 N–H and O–H groups in total.